The van der Waals surface area contributed by atoms with Gasteiger partial charge in [-0.1, -0.05) is 0 Å². The van der Waals surface area contributed by atoms with Crippen LogP contribution in [-0.4, -0.2) is 28.3 Å². The Balaban J connectivity index is 2.42. The molecule has 0 aromatic carbocycles. The smallest absolute Gasteiger partial charge is 0.188 e. The number of nitrogens with one attached hydrogen (secondary N) is 1. The molecule has 0 spiro atoms. The number of aliphatic imine (C=N–C) groups is 1. The molecule has 0 aliphatic carbocycles. The highest BCUT2D eigenvalue weighted by Gasteiger charge is 2.08. The molecule has 1 aromatic rings. The lowest BCUT2D eigenvalue weighted by Crippen LogP contribution is -2.36. The lowest BCUT2D eigenvalue weighted by Gasteiger charge is -2.08. The highest BCUT2D eigenvalue weighted by molar-refractivity contribution is 5.78. The minimum Gasteiger partial charge on any atom is -0.370 e. The molecule has 1 heterocycles. The van der Waals surface area contributed by atoms with E-state index in [0.717, 1.165) is 25.1 Å². The van der Waals surface area contributed by atoms with Crippen LogP contribution in [0.15, 0.2) is 4.99 Å². The first-order valence-corrected chi connectivity index (χ1v) is 6.47. The van der Waals surface area contributed by atoms with Crippen molar-refractivity contribution in [1.82, 2.24) is 15.1 Å². The van der Waals surface area contributed by atoms with Gasteiger partial charge in [-0.05, 0) is 46.1 Å². The van der Waals surface area contributed by atoms with Crippen molar-refractivity contribution in [1.29, 1.82) is 0 Å². The van der Waals surface area contributed by atoms with E-state index in [0.29, 0.717) is 12.0 Å². The quantitative estimate of drug-likeness (QED) is 0.470. The largest absolute Gasteiger partial charge is 0.370 e. The van der Waals surface area contributed by atoms with E-state index in [1.807, 2.05) is 25.6 Å². The van der Waals surface area contributed by atoms with Crippen LogP contribution < -0.4 is 11.1 Å². The summed E-state index contributed by atoms with van der Waals surface area (Å²) in [6.07, 6.45) is 2.00. The molecule has 5 nitrogen and oxygen atoms in total. The third-order valence-corrected chi connectivity index (χ3v) is 2.96. The van der Waals surface area contributed by atoms with Crippen molar-refractivity contribution in [3.8, 4) is 0 Å². The zero-order valence-electron chi connectivity index (χ0n) is 12.1. The molecule has 3 N–H and O–H groups in total. The zero-order chi connectivity index (χ0) is 13.7. The average molecular weight is 251 g/mol. The Kier molecular flexibility index (Phi) is 5.19. The standard InChI is InChI=1S/C13H25N5/c1-9(2)16-13(14)15-8-6-7-12-10(3)17-18(5)11(12)4/h9H,6-8H2,1-5H3,(H3,14,15,16). The summed E-state index contributed by atoms with van der Waals surface area (Å²) >= 11 is 0. The Morgan fingerprint density at radius 2 is 2.11 bits per heavy atom. The fourth-order valence-electron chi connectivity index (χ4n) is 1.98. The molecule has 0 saturated heterocycles. The molecule has 1 aromatic heterocycles. The minimum absolute atomic E-state index is 0.330. The van der Waals surface area contributed by atoms with E-state index < -0.39 is 0 Å². The highest BCUT2D eigenvalue weighted by atomic mass is 15.3. The second kappa shape index (κ2) is 6.42. The zero-order valence-corrected chi connectivity index (χ0v) is 12.1. The van der Waals surface area contributed by atoms with Crippen molar-refractivity contribution in [2.24, 2.45) is 17.8 Å². The molecule has 0 radical (unpaired) electrons. The molecule has 0 amide bonds. The summed E-state index contributed by atoms with van der Waals surface area (Å²) in [7, 11) is 1.98. The van der Waals surface area contributed by atoms with Crippen LogP contribution in [0.25, 0.3) is 0 Å². The van der Waals surface area contributed by atoms with Gasteiger partial charge in [0.15, 0.2) is 5.96 Å². The van der Waals surface area contributed by atoms with Gasteiger partial charge in [0.2, 0.25) is 0 Å². The number of nitrogens with two attached hydrogens (primary N) is 1. The number of rotatable bonds is 5. The maximum Gasteiger partial charge on any atom is 0.188 e. The molecule has 1 rings (SSSR count). The summed E-state index contributed by atoms with van der Waals surface area (Å²) < 4.78 is 1.93. The molecular weight excluding hydrogens is 226 g/mol. The molecule has 0 saturated carbocycles. The average Bonchev–Trinajstić information content (AvgIpc) is 2.49. The molecule has 0 aliphatic heterocycles. The normalized spacial score (nSPS) is 12.2. The third kappa shape index (κ3) is 4.05. The number of nitrogens with zero attached hydrogens (tertiary/aromatic N) is 3. The van der Waals surface area contributed by atoms with Crippen molar-refractivity contribution < 1.29 is 0 Å². The van der Waals surface area contributed by atoms with Crippen molar-refractivity contribution in [3.05, 3.63) is 17.0 Å². The maximum absolute atomic E-state index is 5.74. The summed E-state index contributed by atoms with van der Waals surface area (Å²) in [5.74, 6) is 0.532. The molecule has 18 heavy (non-hydrogen) atoms. The first kappa shape index (κ1) is 14.5. The van der Waals surface area contributed by atoms with Crippen molar-refractivity contribution in [2.45, 2.75) is 46.6 Å². The van der Waals surface area contributed by atoms with E-state index in [1.54, 1.807) is 0 Å². The third-order valence-electron chi connectivity index (χ3n) is 2.96. The summed E-state index contributed by atoms with van der Waals surface area (Å²) in [6, 6.07) is 0.330. The minimum atomic E-state index is 0.330. The van der Waals surface area contributed by atoms with Crippen LogP contribution in [-0.2, 0) is 13.5 Å². The highest BCUT2D eigenvalue weighted by Crippen LogP contribution is 2.13. The van der Waals surface area contributed by atoms with E-state index >= 15 is 0 Å². The van der Waals surface area contributed by atoms with Gasteiger partial charge in [-0.2, -0.15) is 5.10 Å². The van der Waals surface area contributed by atoms with Gasteiger partial charge in [-0.3, -0.25) is 9.67 Å². The van der Waals surface area contributed by atoms with Crippen LogP contribution in [0.1, 0.15) is 37.2 Å². The second-order valence-corrected chi connectivity index (χ2v) is 4.94. The van der Waals surface area contributed by atoms with E-state index in [4.69, 9.17) is 5.73 Å². The van der Waals surface area contributed by atoms with Crippen LogP contribution in [0.3, 0.4) is 0 Å². The molecule has 5 heteroatoms. The predicted molar refractivity (Wildman–Crippen MR) is 75.8 cm³/mol. The molecule has 0 bridgehead atoms. The molecule has 0 aliphatic rings. The van der Waals surface area contributed by atoms with Crippen LogP contribution in [0.5, 0.6) is 0 Å². The Labute approximate surface area is 109 Å². The number of hydrogen-bond donors (Lipinski definition) is 2. The Bertz CT molecular complexity index is 417. The SMILES string of the molecule is Cc1nn(C)c(C)c1CCCN=C(N)NC(C)C. The first-order valence-electron chi connectivity index (χ1n) is 6.47. The first-order chi connectivity index (χ1) is 8.41. The van der Waals surface area contributed by atoms with Crippen LogP contribution in [0.4, 0.5) is 0 Å². The van der Waals surface area contributed by atoms with Gasteiger partial charge in [0.1, 0.15) is 0 Å². The van der Waals surface area contributed by atoms with Gasteiger partial charge in [-0.25, -0.2) is 0 Å². The van der Waals surface area contributed by atoms with E-state index in [-0.39, 0.29) is 0 Å². The van der Waals surface area contributed by atoms with E-state index in [1.165, 1.54) is 11.3 Å². The van der Waals surface area contributed by atoms with Gasteiger partial charge < -0.3 is 11.1 Å². The Morgan fingerprint density at radius 1 is 1.44 bits per heavy atom. The second-order valence-electron chi connectivity index (χ2n) is 4.94. The van der Waals surface area contributed by atoms with Crippen molar-refractivity contribution in [3.63, 3.8) is 0 Å². The summed E-state index contributed by atoms with van der Waals surface area (Å²) in [5, 5.41) is 7.49. The van der Waals surface area contributed by atoms with Crippen molar-refractivity contribution in [2.75, 3.05) is 6.54 Å². The predicted octanol–water partition coefficient (Wildman–Crippen LogP) is 1.28. The number of hydrogen-bond acceptors (Lipinski definition) is 2. The maximum atomic E-state index is 5.74. The summed E-state index contributed by atoms with van der Waals surface area (Å²) in [5.41, 5.74) is 9.43. The number of aryl methyl sites for hydroxylation is 2. The van der Waals surface area contributed by atoms with Crippen LogP contribution >= 0.6 is 0 Å². The fraction of sp³-hybridized carbons (Fsp3) is 0.692. The lowest BCUT2D eigenvalue weighted by molar-refractivity contribution is 0.718. The lowest BCUT2D eigenvalue weighted by atomic mass is 10.1. The number of aromatic nitrogens is 2. The van der Waals surface area contributed by atoms with Gasteiger partial charge in [0.25, 0.3) is 0 Å². The Hall–Kier alpha value is -1.52. The van der Waals surface area contributed by atoms with E-state index in [9.17, 15) is 0 Å². The van der Waals surface area contributed by atoms with Crippen LogP contribution in [0, 0.1) is 13.8 Å². The van der Waals surface area contributed by atoms with Gasteiger partial charge in [0.05, 0.1) is 5.69 Å². The molecule has 0 unspecified atom stereocenters. The molecular formula is C13H25N5. The monoisotopic (exact) mass is 251 g/mol. The molecule has 0 atom stereocenters. The van der Waals surface area contributed by atoms with Gasteiger partial charge in [0, 0.05) is 25.3 Å². The van der Waals surface area contributed by atoms with Gasteiger partial charge in [-0.15, -0.1) is 0 Å². The fourth-order valence-corrected chi connectivity index (χ4v) is 1.98. The molecule has 102 valence electrons. The Morgan fingerprint density at radius 3 is 2.61 bits per heavy atom. The summed E-state index contributed by atoms with van der Waals surface area (Å²) in [6.45, 7) is 9.00. The number of guanidine groups is 1. The van der Waals surface area contributed by atoms with Gasteiger partial charge >= 0.3 is 0 Å². The topological polar surface area (TPSA) is 68.2 Å². The van der Waals surface area contributed by atoms with Crippen molar-refractivity contribution >= 4 is 5.96 Å². The van der Waals surface area contributed by atoms with Crippen LogP contribution in [0.2, 0.25) is 0 Å². The summed E-state index contributed by atoms with van der Waals surface area (Å²) in [4.78, 5) is 4.30. The molecule has 0 fully saturated rings. The van der Waals surface area contributed by atoms with E-state index in [2.05, 4.69) is 29.3 Å².